The molecule has 0 unspecified atom stereocenters. The first-order chi connectivity index (χ1) is 6.02. The molecule has 72 valence electrons. The number of carbonyl (C=O) groups excluding carboxylic acids is 1. The SMILES string of the molecule is C=C(Cl)CNC(=O)[C@@H]1C[C@@H]1C(=O)O. The molecule has 2 atom stereocenters. The molecule has 4 nitrogen and oxygen atoms in total. The molecular weight excluding hydrogens is 194 g/mol. The lowest BCUT2D eigenvalue weighted by Gasteiger charge is -2.01. The van der Waals surface area contributed by atoms with Gasteiger partial charge < -0.3 is 10.4 Å². The summed E-state index contributed by atoms with van der Waals surface area (Å²) in [6, 6.07) is 0. The predicted octanol–water partition coefficient (Wildman–Crippen LogP) is 0.576. The van der Waals surface area contributed by atoms with Gasteiger partial charge in [-0.05, 0) is 6.42 Å². The minimum absolute atomic E-state index is 0.198. The summed E-state index contributed by atoms with van der Waals surface area (Å²) < 4.78 is 0. The van der Waals surface area contributed by atoms with Gasteiger partial charge in [-0.1, -0.05) is 18.2 Å². The van der Waals surface area contributed by atoms with Gasteiger partial charge in [0, 0.05) is 5.03 Å². The molecule has 1 rings (SSSR count). The number of hydrogen-bond donors (Lipinski definition) is 2. The quantitative estimate of drug-likeness (QED) is 0.702. The van der Waals surface area contributed by atoms with E-state index < -0.39 is 11.9 Å². The Morgan fingerprint density at radius 3 is 2.54 bits per heavy atom. The van der Waals surface area contributed by atoms with Crippen molar-refractivity contribution in [3.05, 3.63) is 11.6 Å². The van der Waals surface area contributed by atoms with Crippen LogP contribution < -0.4 is 5.32 Å². The van der Waals surface area contributed by atoms with Gasteiger partial charge in [-0.15, -0.1) is 0 Å². The van der Waals surface area contributed by atoms with E-state index in [2.05, 4.69) is 11.9 Å². The van der Waals surface area contributed by atoms with Crippen molar-refractivity contribution in [2.24, 2.45) is 11.8 Å². The largest absolute Gasteiger partial charge is 0.481 e. The normalized spacial score (nSPS) is 25.0. The van der Waals surface area contributed by atoms with Gasteiger partial charge in [0.05, 0.1) is 18.4 Å². The Morgan fingerprint density at radius 1 is 1.54 bits per heavy atom. The van der Waals surface area contributed by atoms with Gasteiger partial charge >= 0.3 is 5.97 Å². The first-order valence-corrected chi connectivity index (χ1v) is 4.24. The topological polar surface area (TPSA) is 66.4 Å². The number of carboxylic acids is 1. The van der Waals surface area contributed by atoms with Crippen LogP contribution in [0.15, 0.2) is 11.6 Å². The minimum atomic E-state index is -0.912. The second kappa shape index (κ2) is 3.79. The Bertz CT molecular complexity index is 264. The fourth-order valence-electron chi connectivity index (χ4n) is 1.07. The third-order valence-electron chi connectivity index (χ3n) is 1.90. The number of amides is 1. The van der Waals surface area contributed by atoms with Gasteiger partial charge in [0.2, 0.25) is 5.91 Å². The Hall–Kier alpha value is -1.03. The third-order valence-corrected chi connectivity index (χ3v) is 2.03. The molecule has 1 fully saturated rings. The van der Waals surface area contributed by atoms with Crippen LogP contribution in [0, 0.1) is 11.8 Å². The fourth-order valence-corrected chi connectivity index (χ4v) is 1.14. The molecule has 1 aliphatic carbocycles. The van der Waals surface area contributed by atoms with Gasteiger partial charge in [-0.3, -0.25) is 9.59 Å². The van der Waals surface area contributed by atoms with Gasteiger partial charge in [0.15, 0.2) is 0 Å². The Balaban J connectivity index is 2.27. The van der Waals surface area contributed by atoms with Crippen LogP contribution in [-0.4, -0.2) is 23.5 Å². The van der Waals surface area contributed by atoms with E-state index in [-0.39, 0.29) is 18.4 Å². The van der Waals surface area contributed by atoms with Gasteiger partial charge in [0.25, 0.3) is 0 Å². The van der Waals surface area contributed by atoms with E-state index in [4.69, 9.17) is 16.7 Å². The molecule has 1 saturated carbocycles. The second-order valence-corrected chi connectivity index (χ2v) is 3.56. The summed E-state index contributed by atoms with van der Waals surface area (Å²) >= 11 is 5.42. The maximum Gasteiger partial charge on any atom is 0.307 e. The van der Waals surface area contributed by atoms with E-state index in [1.54, 1.807) is 0 Å². The minimum Gasteiger partial charge on any atom is -0.481 e. The van der Waals surface area contributed by atoms with Crippen LogP contribution in [0.25, 0.3) is 0 Å². The van der Waals surface area contributed by atoms with Crippen molar-refractivity contribution in [3.8, 4) is 0 Å². The number of halogens is 1. The van der Waals surface area contributed by atoms with Crippen LogP contribution >= 0.6 is 11.6 Å². The molecule has 2 N–H and O–H groups in total. The highest BCUT2D eigenvalue weighted by molar-refractivity contribution is 6.29. The highest BCUT2D eigenvalue weighted by atomic mass is 35.5. The maximum atomic E-state index is 11.2. The smallest absolute Gasteiger partial charge is 0.307 e. The molecule has 1 aliphatic rings. The van der Waals surface area contributed by atoms with E-state index in [1.165, 1.54) is 0 Å². The molecule has 0 aromatic heterocycles. The monoisotopic (exact) mass is 203 g/mol. The molecule has 13 heavy (non-hydrogen) atoms. The summed E-state index contributed by atoms with van der Waals surface area (Å²) in [6.07, 6.45) is 0.427. The van der Waals surface area contributed by atoms with E-state index >= 15 is 0 Å². The highest BCUT2D eigenvalue weighted by Crippen LogP contribution is 2.38. The number of carboxylic acid groups (broad SMARTS) is 1. The number of aliphatic carboxylic acids is 1. The number of carbonyl (C=O) groups is 2. The van der Waals surface area contributed by atoms with Crippen LogP contribution in [0.3, 0.4) is 0 Å². The molecular formula is C8H10ClNO3. The summed E-state index contributed by atoms with van der Waals surface area (Å²) in [5.74, 6) is -2.06. The molecule has 0 heterocycles. The van der Waals surface area contributed by atoms with Crippen LogP contribution in [0.1, 0.15) is 6.42 Å². The summed E-state index contributed by atoms with van der Waals surface area (Å²) in [7, 11) is 0. The van der Waals surface area contributed by atoms with Crippen molar-refractivity contribution in [3.63, 3.8) is 0 Å². The van der Waals surface area contributed by atoms with Crippen LogP contribution in [0.5, 0.6) is 0 Å². The van der Waals surface area contributed by atoms with E-state index in [9.17, 15) is 9.59 Å². The van der Waals surface area contributed by atoms with Gasteiger partial charge in [-0.2, -0.15) is 0 Å². The van der Waals surface area contributed by atoms with Gasteiger partial charge in [0.1, 0.15) is 0 Å². The summed E-state index contributed by atoms with van der Waals surface area (Å²) in [6.45, 7) is 3.59. The average Bonchev–Trinajstić information content (AvgIpc) is 2.78. The van der Waals surface area contributed by atoms with E-state index in [0.717, 1.165) is 0 Å². The van der Waals surface area contributed by atoms with Crippen molar-refractivity contribution >= 4 is 23.5 Å². The van der Waals surface area contributed by atoms with Crippen LogP contribution in [0.4, 0.5) is 0 Å². The number of nitrogens with one attached hydrogen (secondary N) is 1. The number of hydrogen-bond acceptors (Lipinski definition) is 2. The second-order valence-electron chi connectivity index (χ2n) is 3.02. The fraction of sp³-hybridized carbons (Fsp3) is 0.500. The highest BCUT2D eigenvalue weighted by Gasteiger charge is 2.48. The van der Waals surface area contributed by atoms with Crippen LogP contribution in [-0.2, 0) is 9.59 Å². The lowest BCUT2D eigenvalue weighted by atomic mass is 10.3. The first-order valence-electron chi connectivity index (χ1n) is 3.86. The van der Waals surface area contributed by atoms with Crippen molar-refractivity contribution in [2.45, 2.75) is 6.42 Å². The van der Waals surface area contributed by atoms with Crippen molar-refractivity contribution in [2.75, 3.05) is 6.54 Å². The van der Waals surface area contributed by atoms with Crippen LogP contribution in [0.2, 0.25) is 0 Å². The summed E-state index contributed by atoms with van der Waals surface area (Å²) in [5, 5.41) is 11.4. The van der Waals surface area contributed by atoms with E-state index in [1.807, 2.05) is 0 Å². The van der Waals surface area contributed by atoms with Crippen molar-refractivity contribution in [1.29, 1.82) is 0 Å². The molecule has 1 amide bonds. The zero-order valence-electron chi connectivity index (χ0n) is 6.92. The zero-order valence-corrected chi connectivity index (χ0v) is 7.67. The summed E-state index contributed by atoms with van der Waals surface area (Å²) in [4.78, 5) is 21.5. The molecule has 0 aromatic carbocycles. The Labute approximate surface area is 80.6 Å². The molecule has 0 bridgehead atoms. The lowest BCUT2D eigenvalue weighted by molar-refractivity contribution is -0.140. The van der Waals surface area contributed by atoms with Crippen molar-refractivity contribution < 1.29 is 14.7 Å². The van der Waals surface area contributed by atoms with Crippen molar-refractivity contribution in [1.82, 2.24) is 5.32 Å². The molecule has 0 spiro atoms. The average molecular weight is 204 g/mol. The first kappa shape index (κ1) is 10.1. The molecule has 0 aromatic rings. The van der Waals surface area contributed by atoms with E-state index in [0.29, 0.717) is 11.5 Å². The Kier molecular flexibility index (Phi) is 2.93. The number of rotatable bonds is 4. The van der Waals surface area contributed by atoms with Gasteiger partial charge in [-0.25, -0.2) is 0 Å². The molecule has 5 heteroatoms. The standard InChI is InChI=1S/C8H10ClNO3/c1-4(9)3-10-7(11)5-2-6(5)8(12)13/h5-6H,1-3H2,(H,10,11)(H,12,13)/t5-,6+/m1/s1. The Morgan fingerprint density at radius 2 is 2.15 bits per heavy atom. The summed E-state index contributed by atoms with van der Waals surface area (Å²) in [5.41, 5.74) is 0. The molecule has 0 aliphatic heterocycles. The molecule has 0 radical (unpaired) electrons. The lowest BCUT2D eigenvalue weighted by Crippen LogP contribution is -2.27. The zero-order chi connectivity index (χ0) is 10.0. The predicted molar refractivity (Wildman–Crippen MR) is 47.2 cm³/mol. The maximum absolute atomic E-state index is 11.2. The molecule has 0 saturated heterocycles. The third kappa shape index (κ3) is 2.73.